The minimum Gasteiger partial charge on any atom is -0.481 e. The Morgan fingerprint density at radius 1 is 0.921 bits per heavy atom. The van der Waals surface area contributed by atoms with Crippen LogP contribution in [0.2, 0.25) is 0 Å². The van der Waals surface area contributed by atoms with Crippen molar-refractivity contribution >= 4 is 17.7 Å². The molecule has 212 valence electrons. The van der Waals surface area contributed by atoms with Gasteiger partial charge in [-0.15, -0.1) is 0 Å². The number of esters is 1. The third kappa shape index (κ3) is 3.31. The van der Waals surface area contributed by atoms with Crippen molar-refractivity contribution in [3.05, 3.63) is 11.6 Å². The first-order chi connectivity index (χ1) is 17.3. The fraction of sp³-hybridized carbons (Fsp3) is 0.844. The molecule has 0 heterocycles. The molecule has 0 bridgehead atoms. The maximum Gasteiger partial charge on any atom is 0.309 e. The lowest BCUT2D eigenvalue weighted by atomic mass is 9.33. The molecule has 5 rings (SSSR count). The maximum absolute atomic E-state index is 14.4. The predicted molar refractivity (Wildman–Crippen MR) is 144 cm³/mol. The zero-order valence-electron chi connectivity index (χ0n) is 24.7. The van der Waals surface area contributed by atoms with Gasteiger partial charge in [-0.3, -0.25) is 14.4 Å². The minimum atomic E-state index is -1.55. The average Bonchev–Trinajstić information content (AvgIpc) is 2.79. The summed E-state index contributed by atoms with van der Waals surface area (Å²) in [6.45, 7) is 16.5. The molecular formula is C32H48O6. The summed E-state index contributed by atoms with van der Waals surface area (Å²) < 4.78 is 5.56. The van der Waals surface area contributed by atoms with Gasteiger partial charge < -0.3 is 14.9 Å². The number of fused-ring (bicyclic) bond motifs is 7. The SMILES string of the molecule is CC(=O)O[C@]1(O)CC[C@@]2(C)C(CC[C@]3(C)[C@@H]2C(=O)C=C2[C@H]4C[C@@](C)(C(=O)O)CC[C@]4(C)CC[C@]23C)C1(C)C. The van der Waals surface area contributed by atoms with E-state index in [4.69, 9.17) is 4.74 Å². The third-order valence-electron chi connectivity index (χ3n) is 13.5. The number of carbonyl (C=O) groups is 3. The molecule has 6 heteroatoms. The summed E-state index contributed by atoms with van der Waals surface area (Å²) in [5, 5.41) is 21.6. The molecule has 2 N–H and O–H groups in total. The van der Waals surface area contributed by atoms with Gasteiger partial charge in [0.05, 0.1) is 5.41 Å². The Hall–Kier alpha value is -1.69. The number of aliphatic carboxylic acids is 1. The van der Waals surface area contributed by atoms with E-state index in [0.29, 0.717) is 25.7 Å². The van der Waals surface area contributed by atoms with Gasteiger partial charge in [0.1, 0.15) is 0 Å². The molecule has 0 aromatic rings. The van der Waals surface area contributed by atoms with Gasteiger partial charge in [0.2, 0.25) is 5.79 Å². The first-order valence-corrected chi connectivity index (χ1v) is 14.7. The van der Waals surface area contributed by atoms with Crippen LogP contribution in [0.15, 0.2) is 11.6 Å². The van der Waals surface area contributed by atoms with E-state index in [-0.39, 0.29) is 45.2 Å². The number of hydrogen-bond donors (Lipinski definition) is 2. The van der Waals surface area contributed by atoms with Crippen molar-refractivity contribution in [2.75, 3.05) is 0 Å². The smallest absolute Gasteiger partial charge is 0.309 e. The van der Waals surface area contributed by atoms with E-state index in [1.54, 1.807) is 0 Å². The van der Waals surface area contributed by atoms with E-state index >= 15 is 0 Å². The zero-order chi connectivity index (χ0) is 28.3. The van der Waals surface area contributed by atoms with E-state index in [1.165, 1.54) is 12.5 Å². The Morgan fingerprint density at radius 2 is 1.55 bits per heavy atom. The summed E-state index contributed by atoms with van der Waals surface area (Å²) in [4.78, 5) is 38.6. The molecule has 5 aliphatic rings. The Labute approximate surface area is 228 Å². The highest BCUT2D eigenvalue weighted by Gasteiger charge is 2.72. The standard InChI is InChI=1S/C32H48O6/c1-19(33)38-32(37)16-14-29(6)23(26(32,2)3)9-10-31(8)24(29)22(34)17-20-21-18-28(5,25(35)36)12-11-27(21,4)13-15-30(20,31)7/h17,21,23-24,37H,9-16,18H2,1-8H3,(H,35,36)/t21-,23?,24-,27-,28+,29+,30-,31-,32-/m1/s1. The minimum absolute atomic E-state index is 0.0208. The van der Waals surface area contributed by atoms with Crippen molar-refractivity contribution in [3.63, 3.8) is 0 Å². The van der Waals surface area contributed by atoms with Crippen molar-refractivity contribution in [2.45, 2.75) is 119 Å². The van der Waals surface area contributed by atoms with Crippen LogP contribution in [0, 0.1) is 50.2 Å². The zero-order valence-corrected chi connectivity index (χ0v) is 24.7. The number of ketones is 1. The van der Waals surface area contributed by atoms with E-state index in [0.717, 1.165) is 32.1 Å². The van der Waals surface area contributed by atoms with Gasteiger partial charge in [0.25, 0.3) is 0 Å². The molecule has 0 aromatic heterocycles. The molecular weight excluding hydrogens is 480 g/mol. The number of rotatable bonds is 2. The summed E-state index contributed by atoms with van der Waals surface area (Å²) in [5.74, 6) is -2.65. The van der Waals surface area contributed by atoms with E-state index < -0.39 is 28.6 Å². The topological polar surface area (TPSA) is 101 Å². The highest BCUT2D eigenvalue weighted by Crippen LogP contribution is 2.75. The second-order valence-corrected chi connectivity index (χ2v) is 15.7. The molecule has 4 saturated carbocycles. The van der Waals surface area contributed by atoms with Crippen LogP contribution >= 0.6 is 0 Å². The first-order valence-electron chi connectivity index (χ1n) is 14.7. The van der Waals surface area contributed by atoms with Crippen molar-refractivity contribution in [1.29, 1.82) is 0 Å². The fourth-order valence-electron chi connectivity index (χ4n) is 10.7. The van der Waals surface area contributed by atoms with Crippen LogP contribution in [0.5, 0.6) is 0 Å². The molecule has 0 aromatic carbocycles. The van der Waals surface area contributed by atoms with Crippen LogP contribution in [0.1, 0.15) is 113 Å². The van der Waals surface area contributed by atoms with Crippen LogP contribution in [0.3, 0.4) is 0 Å². The van der Waals surface area contributed by atoms with Crippen LogP contribution in [0.25, 0.3) is 0 Å². The van der Waals surface area contributed by atoms with Gasteiger partial charge in [-0.05, 0) is 97.9 Å². The van der Waals surface area contributed by atoms with Gasteiger partial charge >= 0.3 is 11.9 Å². The predicted octanol–water partition coefficient (Wildman–Crippen LogP) is 6.30. The van der Waals surface area contributed by atoms with Gasteiger partial charge in [0.15, 0.2) is 5.78 Å². The van der Waals surface area contributed by atoms with Gasteiger partial charge in [0, 0.05) is 24.7 Å². The molecule has 6 nitrogen and oxygen atoms in total. The van der Waals surface area contributed by atoms with Crippen LogP contribution in [-0.4, -0.2) is 33.7 Å². The van der Waals surface area contributed by atoms with Crippen LogP contribution in [0.4, 0.5) is 0 Å². The van der Waals surface area contributed by atoms with Gasteiger partial charge in [-0.1, -0.05) is 47.1 Å². The van der Waals surface area contributed by atoms with Crippen LogP contribution in [-0.2, 0) is 19.1 Å². The molecule has 5 aliphatic carbocycles. The number of aliphatic hydroxyl groups is 1. The number of carbonyl (C=O) groups excluding carboxylic acids is 2. The normalized spacial score (nSPS) is 51.4. The second-order valence-electron chi connectivity index (χ2n) is 15.7. The summed E-state index contributed by atoms with van der Waals surface area (Å²) in [6.07, 6.45) is 8.82. The summed E-state index contributed by atoms with van der Waals surface area (Å²) in [6, 6.07) is 0. The average molecular weight is 529 g/mol. The molecule has 38 heavy (non-hydrogen) atoms. The molecule has 9 atom stereocenters. The second kappa shape index (κ2) is 7.95. The Morgan fingerprint density at radius 3 is 2.16 bits per heavy atom. The Balaban J connectivity index is 1.59. The Kier molecular flexibility index (Phi) is 5.83. The summed E-state index contributed by atoms with van der Waals surface area (Å²) in [5.41, 5.74) is -1.01. The number of ether oxygens (including phenoxy) is 1. The molecule has 0 saturated heterocycles. The van der Waals surface area contributed by atoms with Crippen molar-refractivity contribution < 1.29 is 29.3 Å². The molecule has 0 amide bonds. The monoisotopic (exact) mass is 528 g/mol. The van der Waals surface area contributed by atoms with Gasteiger partial charge in [-0.25, -0.2) is 0 Å². The fourth-order valence-corrected chi connectivity index (χ4v) is 10.7. The Bertz CT molecular complexity index is 1120. The number of hydrogen-bond acceptors (Lipinski definition) is 5. The number of carboxylic acids is 1. The lowest BCUT2D eigenvalue weighted by Crippen LogP contribution is -2.69. The van der Waals surface area contributed by atoms with E-state index in [9.17, 15) is 24.6 Å². The molecule has 1 unspecified atom stereocenters. The quantitative estimate of drug-likeness (QED) is 0.322. The molecule has 0 spiro atoms. The summed E-state index contributed by atoms with van der Waals surface area (Å²) in [7, 11) is 0. The van der Waals surface area contributed by atoms with E-state index in [2.05, 4.69) is 27.7 Å². The largest absolute Gasteiger partial charge is 0.481 e. The third-order valence-corrected chi connectivity index (χ3v) is 13.5. The van der Waals surface area contributed by atoms with E-state index in [1.807, 2.05) is 26.8 Å². The maximum atomic E-state index is 14.4. The first kappa shape index (κ1) is 27.9. The number of allylic oxidation sites excluding steroid dienone is 2. The van der Waals surface area contributed by atoms with Crippen molar-refractivity contribution in [2.24, 2.45) is 50.2 Å². The molecule has 0 radical (unpaired) electrons. The van der Waals surface area contributed by atoms with Crippen molar-refractivity contribution in [3.8, 4) is 0 Å². The van der Waals surface area contributed by atoms with Crippen molar-refractivity contribution in [1.82, 2.24) is 0 Å². The lowest BCUT2D eigenvalue weighted by Gasteiger charge is -2.71. The molecule has 0 aliphatic heterocycles. The lowest BCUT2D eigenvalue weighted by molar-refractivity contribution is -0.314. The summed E-state index contributed by atoms with van der Waals surface area (Å²) >= 11 is 0. The number of carboxylic acid groups (broad SMARTS) is 1. The highest BCUT2D eigenvalue weighted by molar-refractivity contribution is 5.95. The molecule has 4 fully saturated rings. The highest BCUT2D eigenvalue weighted by atomic mass is 16.7. The van der Waals surface area contributed by atoms with Gasteiger partial charge in [-0.2, -0.15) is 0 Å². The van der Waals surface area contributed by atoms with Crippen LogP contribution < -0.4 is 0 Å².